The average Bonchev–Trinajstić information content (AvgIpc) is 2.65. The van der Waals surface area contributed by atoms with Crippen molar-refractivity contribution >= 4 is 17.5 Å². The van der Waals surface area contributed by atoms with Gasteiger partial charge in [0.1, 0.15) is 0 Å². The Labute approximate surface area is 156 Å². The molecule has 27 heavy (non-hydrogen) atoms. The molecule has 2 amide bonds. The van der Waals surface area contributed by atoms with E-state index in [9.17, 15) is 18.4 Å². The molecule has 146 valence electrons. The van der Waals surface area contributed by atoms with Gasteiger partial charge in [-0.1, -0.05) is 0 Å². The number of fused-ring (bicyclic) bond motifs is 1. The van der Waals surface area contributed by atoms with E-state index in [0.29, 0.717) is 38.2 Å². The molecule has 1 aliphatic carbocycles. The maximum absolute atomic E-state index is 13.1. The Hall–Kier alpha value is -2.09. The summed E-state index contributed by atoms with van der Waals surface area (Å²) in [5.41, 5.74) is 0.635. The lowest BCUT2D eigenvalue weighted by Gasteiger charge is -2.45. The molecule has 3 fully saturated rings. The van der Waals surface area contributed by atoms with Crippen molar-refractivity contribution in [2.75, 3.05) is 25.0 Å². The maximum Gasteiger partial charge on any atom is 0.249 e. The molecule has 6 nitrogen and oxygen atoms in total. The van der Waals surface area contributed by atoms with Crippen LogP contribution in [-0.2, 0) is 14.3 Å². The first-order valence-corrected chi connectivity index (χ1v) is 9.40. The van der Waals surface area contributed by atoms with E-state index in [0.717, 1.165) is 0 Å². The van der Waals surface area contributed by atoms with Crippen LogP contribution in [0.1, 0.15) is 25.7 Å². The number of piperidine rings is 1. The second-order valence-electron chi connectivity index (χ2n) is 7.83. The molecule has 0 unspecified atom stereocenters. The van der Waals surface area contributed by atoms with Gasteiger partial charge in [0, 0.05) is 44.0 Å². The van der Waals surface area contributed by atoms with Crippen molar-refractivity contribution in [3.8, 4) is 0 Å². The number of aromatic nitrogens is 1. The van der Waals surface area contributed by atoms with Gasteiger partial charge in [0.15, 0.2) is 0 Å². The zero-order valence-electron chi connectivity index (χ0n) is 14.9. The first-order chi connectivity index (χ1) is 12.9. The Balaban J connectivity index is 1.33. The van der Waals surface area contributed by atoms with E-state index in [4.69, 9.17) is 4.74 Å². The van der Waals surface area contributed by atoms with E-state index in [1.54, 1.807) is 29.4 Å². The zero-order valence-corrected chi connectivity index (χ0v) is 14.9. The van der Waals surface area contributed by atoms with Crippen LogP contribution >= 0.6 is 0 Å². The number of nitrogens with zero attached hydrogens (tertiary/aromatic N) is 2. The largest absolute Gasteiger partial charge is 0.377 e. The first-order valence-electron chi connectivity index (χ1n) is 9.40. The van der Waals surface area contributed by atoms with E-state index in [-0.39, 0.29) is 42.6 Å². The van der Waals surface area contributed by atoms with Crippen molar-refractivity contribution in [3.63, 3.8) is 0 Å². The van der Waals surface area contributed by atoms with Crippen molar-refractivity contribution < 1.29 is 23.1 Å². The van der Waals surface area contributed by atoms with Crippen LogP contribution < -0.4 is 5.32 Å². The average molecular weight is 379 g/mol. The van der Waals surface area contributed by atoms with Crippen molar-refractivity contribution in [1.82, 2.24) is 9.88 Å². The minimum atomic E-state index is -2.69. The number of alkyl halides is 2. The zero-order chi connectivity index (χ0) is 19.0. The third kappa shape index (κ3) is 3.95. The summed E-state index contributed by atoms with van der Waals surface area (Å²) in [6, 6.07) is 3.52. The van der Waals surface area contributed by atoms with Crippen molar-refractivity contribution in [2.24, 2.45) is 17.8 Å². The monoisotopic (exact) mass is 379 g/mol. The van der Waals surface area contributed by atoms with Gasteiger partial charge in [0.25, 0.3) is 0 Å². The molecule has 3 heterocycles. The SMILES string of the molecule is O=C(Nc1cccnc1)[C@@H]1CO[C@@H]2CCN(C(=O)C3CC(F)(F)C3)C[C@@H]2C1. The molecular formula is C19H23F2N3O3. The number of carbonyl (C=O) groups is 2. The molecule has 4 rings (SSSR count). The summed E-state index contributed by atoms with van der Waals surface area (Å²) in [4.78, 5) is 30.6. The fourth-order valence-corrected chi connectivity index (χ4v) is 4.29. The minimum absolute atomic E-state index is 0.0272. The van der Waals surface area contributed by atoms with Gasteiger partial charge in [-0.05, 0) is 25.0 Å². The smallest absolute Gasteiger partial charge is 0.249 e. The molecule has 0 bridgehead atoms. The Morgan fingerprint density at radius 3 is 2.81 bits per heavy atom. The molecule has 1 N–H and O–H groups in total. The first kappa shape index (κ1) is 18.3. The molecule has 3 aliphatic rings. The van der Waals surface area contributed by atoms with Gasteiger partial charge in [0.05, 0.1) is 30.5 Å². The standard InChI is InChI=1S/C19H23F2N3O3/c20-19(21)7-14(8-19)18(26)24-5-3-16-12(10-24)6-13(11-27-16)17(25)23-15-2-1-4-22-9-15/h1-2,4,9,12-14,16H,3,5-8,10-11H2,(H,23,25)/t12-,13-,16+/m0/s1. The van der Waals surface area contributed by atoms with E-state index in [1.807, 2.05) is 0 Å². The summed E-state index contributed by atoms with van der Waals surface area (Å²) in [5, 5.41) is 2.84. The molecule has 2 aliphatic heterocycles. The molecule has 8 heteroatoms. The number of amides is 2. The molecule has 0 radical (unpaired) electrons. The topological polar surface area (TPSA) is 71.5 Å². The van der Waals surface area contributed by atoms with Gasteiger partial charge in [-0.2, -0.15) is 0 Å². The van der Waals surface area contributed by atoms with Crippen LogP contribution in [0.3, 0.4) is 0 Å². The third-order valence-electron chi connectivity index (χ3n) is 5.81. The molecule has 1 saturated carbocycles. The Bertz CT molecular complexity index is 707. The van der Waals surface area contributed by atoms with Crippen LogP contribution in [0.2, 0.25) is 0 Å². The fourth-order valence-electron chi connectivity index (χ4n) is 4.29. The number of nitrogens with one attached hydrogen (secondary N) is 1. The normalized spacial score (nSPS) is 30.1. The highest BCUT2D eigenvalue weighted by Crippen LogP contribution is 2.44. The van der Waals surface area contributed by atoms with Gasteiger partial charge in [0.2, 0.25) is 17.7 Å². The van der Waals surface area contributed by atoms with Crippen LogP contribution in [0.5, 0.6) is 0 Å². The van der Waals surface area contributed by atoms with Crippen LogP contribution in [-0.4, -0.2) is 53.4 Å². The van der Waals surface area contributed by atoms with Crippen LogP contribution in [0.15, 0.2) is 24.5 Å². The van der Waals surface area contributed by atoms with Crippen LogP contribution in [0.25, 0.3) is 0 Å². The van der Waals surface area contributed by atoms with Crippen LogP contribution in [0, 0.1) is 17.8 Å². The molecule has 1 aromatic heterocycles. The summed E-state index contributed by atoms with van der Waals surface area (Å²) in [5.74, 6) is -3.80. The summed E-state index contributed by atoms with van der Waals surface area (Å²) < 4.78 is 32.0. The Morgan fingerprint density at radius 1 is 1.30 bits per heavy atom. The lowest BCUT2D eigenvalue weighted by atomic mass is 9.78. The van der Waals surface area contributed by atoms with Gasteiger partial charge < -0.3 is 15.0 Å². The highest BCUT2D eigenvalue weighted by molar-refractivity contribution is 5.92. The number of pyridine rings is 1. The Kier molecular flexibility index (Phi) is 4.84. The van der Waals surface area contributed by atoms with E-state index < -0.39 is 11.8 Å². The highest BCUT2D eigenvalue weighted by Gasteiger charge is 2.50. The molecule has 0 aromatic carbocycles. The number of ether oxygens (including phenoxy) is 1. The number of anilines is 1. The fraction of sp³-hybridized carbons (Fsp3) is 0.632. The van der Waals surface area contributed by atoms with Gasteiger partial charge in [-0.25, -0.2) is 8.78 Å². The second kappa shape index (κ2) is 7.14. The minimum Gasteiger partial charge on any atom is -0.377 e. The molecule has 3 atom stereocenters. The number of rotatable bonds is 3. The number of hydrogen-bond donors (Lipinski definition) is 1. The highest BCUT2D eigenvalue weighted by atomic mass is 19.3. The van der Waals surface area contributed by atoms with Crippen molar-refractivity contribution in [1.29, 1.82) is 0 Å². The maximum atomic E-state index is 13.1. The number of likely N-dealkylation sites (tertiary alicyclic amines) is 1. The molecule has 1 aromatic rings. The van der Waals surface area contributed by atoms with Gasteiger partial charge in [-0.15, -0.1) is 0 Å². The van der Waals surface area contributed by atoms with E-state index in [1.165, 1.54) is 0 Å². The van der Waals surface area contributed by atoms with E-state index >= 15 is 0 Å². The van der Waals surface area contributed by atoms with Crippen molar-refractivity contribution in [2.45, 2.75) is 37.7 Å². The van der Waals surface area contributed by atoms with Gasteiger partial charge in [-0.3, -0.25) is 14.6 Å². The third-order valence-corrected chi connectivity index (χ3v) is 5.81. The van der Waals surface area contributed by atoms with Gasteiger partial charge >= 0.3 is 0 Å². The lowest BCUT2D eigenvalue weighted by Crippen LogP contribution is -2.54. The quantitative estimate of drug-likeness (QED) is 0.875. The van der Waals surface area contributed by atoms with Crippen LogP contribution in [0.4, 0.5) is 14.5 Å². The number of carbonyl (C=O) groups excluding carboxylic acids is 2. The summed E-state index contributed by atoms with van der Waals surface area (Å²) in [6.07, 6.45) is 3.87. The summed E-state index contributed by atoms with van der Waals surface area (Å²) >= 11 is 0. The predicted octanol–water partition coefficient (Wildman–Crippen LogP) is 2.32. The number of halogens is 2. The van der Waals surface area contributed by atoms with Crippen molar-refractivity contribution in [3.05, 3.63) is 24.5 Å². The molecule has 0 spiro atoms. The Morgan fingerprint density at radius 2 is 2.11 bits per heavy atom. The predicted molar refractivity (Wildman–Crippen MR) is 93.1 cm³/mol. The number of hydrogen-bond acceptors (Lipinski definition) is 4. The van der Waals surface area contributed by atoms with E-state index in [2.05, 4.69) is 10.3 Å². The second-order valence-corrected chi connectivity index (χ2v) is 7.83. The summed E-state index contributed by atoms with van der Waals surface area (Å²) in [6.45, 7) is 1.37. The molecular weight excluding hydrogens is 356 g/mol. The molecule has 2 saturated heterocycles. The summed E-state index contributed by atoms with van der Waals surface area (Å²) in [7, 11) is 0. The lowest BCUT2D eigenvalue weighted by molar-refractivity contribution is -0.166.